The Bertz CT molecular complexity index is 366. The number of carbonyl (C=O) groups excluding carboxylic acids is 1. The van der Waals surface area contributed by atoms with E-state index in [-0.39, 0.29) is 24.4 Å². The summed E-state index contributed by atoms with van der Waals surface area (Å²) < 4.78 is 0. The quantitative estimate of drug-likeness (QED) is 0.876. The Hall–Kier alpha value is -0.770. The lowest BCUT2D eigenvalue weighted by molar-refractivity contribution is -0.122. The predicted molar refractivity (Wildman–Crippen MR) is 78.3 cm³/mol. The number of hydrogen-bond donors (Lipinski definition) is 2. The summed E-state index contributed by atoms with van der Waals surface area (Å²) in [6, 6.07) is 7.32. The van der Waals surface area contributed by atoms with Crippen LogP contribution in [-0.4, -0.2) is 18.0 Å². The summed E-state index contributed by atoms with van der Waals surface area (Å²) in [5.41, 5.74) is 6.68. The third kappa shape index (κ3) is 5.71. The first-order chi connectivity index (χ1) is 8.02. The number of nitrogens with two attached hydrogens (primary N) is 1. The number of nitrogens with one attached hydrogen (secondary N) is 1. The van der Waals surface area contributed by atoms with Gasteiger partial charge in [-0.05, 0) is 37.5 Å². The van der Waals surface area contributed by atoms with Crippen LogP contribution in [0.15, 0.2) is 24.3 Å². The fraction of sp³-hybridized carbons (Fsp3) is 0.462. The lowest BCUT2D eigenvalue weighted by atomic mass is 10.0. The average molecular weight is 291 g/mol. The second-order valence-electron chi connectivity index (χ2n) is 4.23. The molecule has 0 saturated carbocycles. The van der Waals surface area contributed by atoms with Crippen molar-refractivity contribution in [2.45, 2.75) is 38.8 Å². The number of hydrogen-bond acceptors (Lipinski definition) is 2. The van der Waals surface area contributed by atoms with Gasteiger partial charge in [-0.2, -0.15) is 0 Å². The minimum atomic E-state index is -0.464. The minimum Gasteiger partial charge on any atom is -0.352 e. The molecule has 0 heterocycles. The number of halogens is 2. The van der Waals surface area contributed by atoms with Gasteiger partial charge in [-0.1, -0.05) is 30.7 Å². The monoisotopic (exact) mass is 290 g/mol. The molecular weight excluding hydrogens is 271 g/mol. The molecule has 2 atom stereocenters. The van der Waals surface area contributed by atoms with Crippen molar-refractivity contribution in [1.29, 1.82) is 0 Å². The number of benzene rings is 1. The second-order valence-corrected chi connectivity index (χ2v) is 4.67. The highest BCUT2D eigenvalue weighted by Crippen LogP contribution is 2.12. The molecule has 5 heteroatoms. The highest BCUT2D eigenvalue weighted by atomic mass is 35.5. The van der Waals surface area contributed by atoms with Crippen molar-refractivity contribution in [2.24, 2.45) is 5.73 Å². The molecule has 0 aromatic heterocycles. The summed E-state index contributed by atoms with van der Waals surface area (Å²) >= 11 is 5.82. The van der Waals surface area contributed by atoms with Crippen molar-refractivity contribution >= 4 is 29.9 Å². The highest BCUT2D eigenvalue weighted by molar-refractivity contribution is 6.30. The summed E-state index contributed by atoms with van der Waals surface area (Å²) in [7, 11) is 0. The van der Waals surface area contributed by atoms with E-state index in [1.807, 2.05) is 31.2 Å². The van der Waals surface area contributed by atoms with E-state index < -0.39 is 6.04 Å². The van der Waals surface area contributed by atoms with Crippen LogP contribution in [-0.2, 0) is 11.2 Å². The van der Waals surface area contributed by atoms with Gasteiger partial charge in [-0.3, -0.25) is 4.79 Å². The van der Waals surface area contributed by atoms with Crippen molar-refractivity contribution in [3.05, 3.63) is 34.9 Å². The Labute approximate surface area is 119 Å². The molecule has 1 unspecified atom stereocenters. The maximum atomic E-state index is 11.5. The standard InChI is InChI=1S/C13H19ClN2O.ClH/c1-3-12(16-13(17)9(2)15)8-10-4-6-11(14)7-5-10;/h4-7,9,12H,3,8,15H2,1-2H3,(H,16,17);1H/t9-,12?;/m1./s1. The molecule has 1 amide bonds. The summed E-state index contributed by atoms with van der Waals surface area (Å²) in [6.07, 6.45) is 1.67. The second kappa shape index (κ2) is 8.35. The summed E-state index contributed by atoms with van der Waals surface area (Å²) in [4.78, 5) is 11.5. The molecule has 1 rings (SSSR count). The zero-order valence-electron chi connectivity index (χ0n) is 10.7. The summed E-state index contributed by atoms with van der Waals surface area (Å²) in [6.45, 7) is 3.73. The Kier molecular flexibility index (Phi) is 8.00. The van der Waals surface area contributed by atoms with E-state index >= 15 is 0 Å². The van der Waals surface area contributed by atoms with E-state index in [0.29, 0.717) is 0 Å². The van der Waals surface area contributed by atoms with E-state index in [9.17, 15) is 4.79 Å². The largest absolute Gasteiger partial charge is 0.352 e. The first kappa shape index (κ1) is 17.2. The van der Waals surface area contributed by atoms with Crippen LogP contribution >= 0.6 is 24.0 Å². The Balaban J connectivity index is 0.00000289. The van der Waals surface area contributed by atoms with Crippen LogP contribution in [0.5, 0.6) is 0 Å². The fourth-order valence-corrected chi connectivity index (χ4v) is 1.66. The highest BCUT2D eigenvalue weighted by Gasteiger charge is 2.13. The third-order valence-electron chi connectivity index (χ3n) is 2.65. The van der Waals surface area contributed by atoms with Crippen molar-refractivity contribution in [3.8, 4) is 0 Å². The number of amides is 1. The molecule has 0 bridgehead atoms. The summed E-state index contributed by atoms with van der Waals surface area (Å²) in [5.74, 6) is -0.106. The van der Waals surface area contributed by atoms with Crippen molar-refractivity contribution in [3.63, 3.8) is 0 Å². The molecule has 3 N–H and O–H groups in total. The van der Waals surface area contributed by atoms with E-state index in [2.05, 4.69) is 5.32 Å². The normalized spacial score (nSPS) is 13.3. The van der Waals surface area contributed by atoms with Gasteiger partial charge in [-0.15, -0.1) is 12.4 Å². The van der Waals surface area contributed by atoms with Gasteiger partial charge in [-0.25, -0.2) is 0 Å². The lowest BCUT2D eigenvalue weighted by Crippen LogP contribution is -2.44. The molecule has 0 saturated heterocycles. The van der Waals surface area contributed by atoms with E-state index in [4.69, 9.17) is 17.3 Å². The minimum absolute atomic E-state index is 0. The van der Waals surface area contributed by atoms with Gasteiger partial charge in [0.2, 0.25) is 5.91 Å². The molecule has 3 nitrogen and oxygen atoms in total. The van der Waals surface area contributed by atoms with E-state index in [0.717, 1.165) is 23.4 Å². The zero-order chi connectivity index (χ0) is 12.8. The van der Waals surface area contributed by atoms with Gasteiger partial charge in [0.25, 0.3) is 0 Å². The van der Waals surface area contributed by atoms with Gasteiger partial charge < -0.3 is 11.1 Å². The van der Waals surface area contributed by atoms with E-state index in [1.54, 1.807) is 6.92 Å². The van der Waals surface area contributed by atoms with Gasteiger partial charge in [0, 0.05) is 11.1 Å². The molecule has 0 aliphatic rings. The molecule has 0 aliphatic heterocycles. The van der Waals surface area contributed by atoms with Crippen LogP contribution in [0.3, 0.4) is 0 Å². The van der Waals surface area contributed by atoms with Crippen LogP contribution in [0.4, 0.5) is 0 Å². The molecule has 1 aromatic rings. The molecule has 0 fully saturated rings. The van der Waals surface area contributed by atoms with Crippen molar-refractivity contribution in [2.75, 3.05) is 0 Å². The van der Waals surface area contributed by atoms with Crippen molar-refractivity contribution < 1.29 is 4.79 Å². The zero-order valence-corrected chi connectivity index (χ0v) is 12.2. The van der Waals surface area contributed by atoms with E-state index in [1.165, 1.54) is 0 Å². The Morgan fingerprint density at radius 2 is 1.94 bits per heavy atom. The van der Waals surface area contributed by atoms with Crippen molar-refractivity contribution in [1.82, 2.24) is 5.32 Å². The van der Waals surface area contributed by atoms with Crippen LogP contribution in [0.25, 0.3) is 0 Å². The predicted octanol–water partition coefficient (Wildman–Crippen LogP) is 2.55. The first-order valence-electron chi connectivity index (χ1n) is 5.83. The van der Waals surface area contributed by atoms with Crippen LogP contribution < -0.4 is 11.1 Å². The molecule has 0 aliphatic carbocycles. The molecule has 102 valence electrons. The molecule has 0 spiro atoms. The topological polar surface area (TPSA) is 55.1 Å². The smallest absolute Gasteiger partial charge is 0.236 e. The maximum Gasteiger partial charge on any atom is 0.236 e. The van der Waals surface area contributed by atoms with Crippen LogP contribution in [0.2, 0.25) is 5.02 Å². The van der Waals surface area contributed by atoms with Crippen LogP contribution in [0.1, 0.15) is 25.8 Å². The lowest BCUT2D eigenvalue weighted by Gasteiger charge is -2.18. The van der Waals surface area contributed by atoms with Gasteiger partial charge in [0.1, 0.15) is 0 Å². The van der Waals surface area contributed by atoms with Gasteiger partial charge >= 0.3 is 0 Å². The molecule has 1 aromatic carbocycles. The molecular formula is C13H20Cl2N2O. The van der Waals surface area contributed by atoms with Gasteiger partial charge in [0.15, 0.2) is 0 Å². The van der Waals surface area contributed by atoms with Crippen LogP contribution in [0, 0.1) is 0 Å². The molecule has 18 heavy (non-hydrogen) atoms. The van der Waals surface area contributed by atoms with Gasteiger partial charge in [0.05, 0.1) is 6.04 Å². The number of rotatable bonds is 5. The average Bonchev–Trinajstić information content (AvgIpc) is 2.30. The summed E-state index contributed by atoms with van der Waals surface area (Å²) in [5, 5.41) is 3.66. The number of carbonyl (C=O) groups is 1. The third-order valence-corrected chi connectivity index (χ3v) is 2.90. The SMILES string of the molecule is CCC(Cc1ccc(Cl)cc1)NC(=O)[C@@H](C)N.Cl. The maximum absolute atomic E-state index is 11.5. The Morgan fingerprint density at radius 3 is 2.39 bits per heavy atom. The fourth-order valence-electron chi connectivity index (χ4n) is 1.54. The first-order valence-corrected chi connectivity index (χ1v) is 6.21. The Morgan fingerprint density at radius 1 is 1.39 bits per heavy atom. The molecule has 0 radical (unpaired) electrons.